The van der Waals surface area contributed by atoms with Crippen molar-refractivity contribution < 1.29 is 9.53 Å². The van der Waals surface area contributed by atoms with Crippen LogP contribution in [-0.4, -0.2) is 18.0 Å². The number of halogens is 1. The van der Waals surface area contributed by atoms with Gasteiger partial charge in [0.2, 0.25) is 5.91 Å². The largest absolute Gasteiger partial charge is 0.496 e. The quantitative estimate of drug-likeness (QED) is 0.911. The first-order valence-electron chi connectivity index (χ1n) is 6.22. The number of aryl methyl sites for hydroxylation is 1. The van der Waals surface area contributed by atoms with Gasteiger partial charge in [0.25, 0.3) is 0 Å². The van der Waals surface area contributed by atoms with Crippen LogP contribution in [0.4, 0.5) is 5.69 Å². The Morgan fingerprint density at radius 1 is 1.35 bits per heavy atom. The zero-order valence-electron chi connectivity index (χ0n) is 11.1. The molecular weight excluding hydrogens is 320 g/mol. The number of amides is 1. The number of pyridine rings is 1. The Morgan fingerprint density at radius 3 is 2.85 bits per heavy atom. The van der Waals surface area contributed by atoms with E-state index in [1.54, 1.807) is 19.4 Å². The van der Waals surface area contributed by atoms with E-state index in [1.165, 1.54) is 0 Å². The monoisotopic (exact) mass is 334 g/mol. The zero-order valence-corrected chi connectivity index (χ0v) is 12.7. The zero-order chi connectivity index (χ0) is 14.4. The third-order valence-electron chi connectivity index (χ3n) is 2.77. The fourth-order valence-electron chi connectivity index (χ4n) is 1.76. The lowest BCUT2D eigenvalue weighted by molar-refractivity contribution is -0.116. The second kappa shape index (κ2) is 7.05. The third kappa shape index (κ3) is 4.06. The van der Waals surface area contributed by atoms with Crippen LogP contribution in [0.1, 0.15) is 12.1 Å². The molecule has 5 heteroatoms. The van der Waals surface area contributed by atoms with Gasteiger partial charge in [0.05, 0.1) is 11.6 Å². The second-order valence-corrected chi connectivity index (χ2v) is 5.07. The third-order valence-corrected chi connectivity index (χ3v) is 3.39. The van der Waals surface area contributed by atoms with E-state index in [2.05, 4.69) is 26.2 Å². The summed E-state index contributed by atoms with van der Waals surface area (Å²) in [7, 11) is 1.60. The number of methoxy groups -OCH3 is 1. The van der Waals surface area contributed by atoms with Crippen LogP contribution >= 0.6 is 15.9 Å². The normalized spacial score (nSPS) is 10.1. The van der Waals surface area contributed by atoms with Gasteiger partial charge in [0.15, 0.2) is 0 Å². The molecule has 0 spiro atoms. The predicted octanol–water partition coefficient (Wildman–Crippen LogP) is 3.42. The fourth-order valence-corrected chi connectivity index (χ4v) is 2.30. The minimum Gasteiger partial charge on any atom is -0.496 e. The van der Waals surface area contributed by atoms with Crippen molar-refractivity contribution in [2.75, 3.05) is 12.4 Å². The highest BCUT2D eigenvalue weighted by Crippen LogP contribution is 2.27. The van der Waals surface area contributed by atoms with Crippen LogP contribution < -0.4 is 10.1 Å². The molecule has 0 bridgehead atoms. The molecule has 0 atom stereocenters. The summed E-state index contributed by atoms with van der Waals surface area (Å²) in [5.41, 5.74) is 1.65. The first kappa shape index (κ1) is 14.5. The maximum atomic E-state index is 11.9. The summed E-state index contributed by atoms with van der Waals surface area (Å²) in [5.74, 6) is 0.698. The van der Waals surface area contributed by atoms with Crippen LogP contribution in [0.25, 0.3) is 0 Å². The number of ether oxygens (including phenoxy) is 1. The molecule has 0 aliphatic rings. The summed E-state index contributed by atoms with van der Waals surface area (Å²) >= 11 is 3.39. The summed E-state index contributed by atoms with van der Waals surface area (Å²) in [6.07, 6.45) is 2.76. The molecule has 1 amide bonds. The van der Waals surface area contributed by atoms with Crippen LogP contribution in [0, 0.1) is 0 Å². The number of nitrogens with one attached hydrogen (secondary N) is 1. The molecule has 2 aromatic rings. The van der Waals surface area contributed by atoms with E-state index in [0.29, 0.717) is 12.8 Å². The van der Waals surface area contributed by atoms with Crippen molar-refractivity contribution in [3.05, 3.63) is 52.8 Å². The summed E-state index contributed by atoms with van der Waals surface area (Å²) in [6, 6.07) is 11.1. The van der Waals surface area contributed by atoms with E-state index in [-0.39, 0.29) is 5.91 Å². The number of hydrogen-bond donors (Lipinski definition) is 1. The molecule has 0 saturated heterocycles. The average molecular weight is 335 g/mol. The molecule has 104 valence electrons. The molecule has 0 saturated carbocycles. The maximum Gasteiger partial charge on any atom is 0.224 e. The molecule has 0 fully saturated rings. The molecule has 1 N–H and O–H groups in total. The molecule has 0 unspecified atom stereocenters. The lowest BCUT2D eigenvalue weighted by Crippen LogP contribution is -2.12. The molecular formula is C15H15BrN2O2. The number of aromatic nitrogens is 1. The maximum absolute atomic E-state index is 11.9. The summed E-state index contributed by atoms with van der Waals surface area (Å²) in [4.78, 5) is 16.1. The first-order chi connectivity index (χ1) is 9.69. The number of hydrogen-bond acceptors (Lipinski definition) is 3. The minimum atomic E-state index is -0.0345. The van der Waals surface area contributed by atoms with Crippen molar-refractivity contribution >= 4 is 27.5 Å². The lowest BCUT2D eigenvalue weighted by Gasteiger charge is -2.08. The van der Waals surface area contributed by atoms with E-state index in [1.807, 2.05) is 30.3 Å². The van der Waals surface area contributed by atoms with E-state index < -0.39 is 0 Å². The Hall–Kier alpha value is -1.88. The first-order valence-corrected chi connectivity index (χ1v) is 7.01. The Bertz CT molecular complexity index is 588. The number of anilines is 1. The van der Waals surface area contributed by atoms with Gasteiger partial charge in [-0.1, -0.05) is 6.07 Å². The van der Waals surface area contributed by atoms with Gasteiger partial charge in [-0.3, -0.25) is 9.78 Å². The van der Waals surface area contributed by atoms with Gasteiger partial charge in [-0.05, 0) is 52.7 Å². The molecule has 1 aromatic heterocycles. The molecule has 0 aliphatic carbocycles. The lowest BCUT2D eigenvalue weighted by atomic mass is 10.2. The molecule has 0 aliphatic heterocycles. The van der Waals surface area contributed by atoms with Gasteiger partial charge in [0.1, 0.15) is 5.75 Å². The van der Waals surface area contributed by atoms with Gasteiger partial charge < -0.3 is 10.1 Å². The Labute approximate surface area is 126 Å². The number of carbonyl (C=O) groups excluding carboxylic acids is 1. The van der Waals surface area contributed by atoms with E-state index in [0.717, 1.165) is 21.6 Å². The number of nitrogens with zero attached hydrogens (tertiary/aromatic N) is 1. The van der Waals surface area contributed by atoms with Crippen LogP contribution in [0.2, 0.25) is 0 Å². The van der Waals surface area contributed by atoms with E-state index >= 15 is 0 Å². The van der Waals surface area contributed by atoms with Crippen molar-refractivity contribution in [3.8, 4) is 5.75 Å². The van der Waals surface area contributed by atoms with Crippen LogP contribution in [0.15, 0.2) is 47.1 Å². The van der Waals surface area contributed by atoms with Crippen molar-refractivity contribution in [1.82, 2.24) is 4.98 Å². The summed E-state index contributed by atoms with van der Waals surface area (Å²) in [6.45, 7) is 0. The van der Waals surface area contributed by atoms with Gasteiger partial charge >= 0.3 is 0 Å². The highest BCUT2D eigenvalue weighted by Gasteiger charge is 2.06. The van der Waals surface area contributed by atoms with Crippen molar-refractivity contribution in [1.29, 1.82) is 0 Å². The van der Waals surface area contributed by atoms with Crippen LogP contribution in [0.5, 0.6) is 5.75 Å². The number of rotatable bonds is 5. The van der Waals surface area contributed by atoms with Crippen molar-refractivity contribution in [2.24, 2.45) is 0 Å². The molecule has 0 radical (unpaired) electrons. The minimum absolute atomic E-state index is 0.0345. The highest BCUT2D eigenvalue weighted by molar-refractivity contribution is 9.10. The van der Waals surface area contributed by atoms with Crippen molar-refractivity contribution in [2.45, 2.75) is 12.8 Å². The average Bonchev–Trinajstić information content (AvgIpc) is 2.46. The van der Waals surface area contributed by atoms with Crippen LogP contribution in [0.3, 0.4) is 0 Å². The topological polar surface area (TPSA) is 51.2 Å². The summed E-state index contributed by atoms with van der Waals surface area (Å²) in [5, 5.41) is 2.85. The molecule has 4 nitrogen and oxygen atoms in total. The predicted molar refractivity (Wildman–Crippen MR) is 81.9 cm³/mol. The number of carbonyl (C=O) groups is 1. The van der Waals surface area contributed by atoms with Gasteiger partial charge in [-0.2, -0.15) is 0 Å². The molecule has 1 aromatic carbocycles. The smallest absolute Gasteiger partial charge is 0.224 e. The van der Waals surface area contributed by atoms with E-state index in [4.69, 9.17) is 4.74 Å². The Kier molecular flexibility index (Phi) is 5.12. The molecule has 20 heavy (non-hydrogen) atoms. The van der Waals surface area contributed by atoms with Gasteiger partial charge in [0, 0.05) is 24.0 Å². The highest BCUT2D eigenvalue weighted by atomic mass is 79.9. The molecule has 2 rings (SSSR count). The van der Waals surface area contributed by atoms with E-state index in [9.17, 15) is 4.79 Å². The Balaban J connectivity index is 1.90. The second-order valence-electron chi connectivity index (χ2n) is 4.22. The fraction of sp³-hybridized carbons (Fsp3) is 0.200. The standard InChI is InChI=1S/C15H15BrN2O2/c1-20-14-7-5-12(10-13(14)16)18-15(19)8-6-11-4-2-3-9-17-11/h2-5,7,9-10H,6,8H2,1H3,(H,18,19). The SMILES string of the molecule is COc1ccc(NC(=O)CCc2ccccn2)cc1Br. The molecule has 1 heterocycles. The van der Waals surface area contributed by atoms with Gasteiger partial charge in [-0.15, -0.1) is 0 Å². The number of benzene rings is 1. The summed E-state index contributed by atoms with van der Waals surface area (Å²) < 4.78 is 5.95. The van der Waals surface area contributed by atoms with Crippen LogP contribution in [-0.2, 0) is 11.2 Å². The van der Waals surface area contributed by atoms with Gasteiger partial charge in [-0.25, -0.2) is 0 Å². The van der Waals surface area contributed by atoms with Crippen molar-refractivity contribution in [3.63, 3.8) is 0 Å². The Morgan fingerprint density at radius 2 is 2.20 bits per heavy atom.